The molecular formula is C35H41F3O6Si. The van der Waals surface area contributed by atoms with Crippen molar-refractivity contribution in [2.75, 3.05) is 7.11 Å². The van der Waals surface area contributed by atoms with E-state index < -0.39 is 61.8 Å². The Kier molecular flexibility index (Phi) is 10.3. The summed E-state index contributed by atoms with van der Waals surface area (Å²) in [5.74, 6) is -3.29. The number of ether oxygens (including phenoxy) is 3. The lowest BCUT2D eigenvalue weighted by Gasteiger charge is -2.45. The Labute approximate surface area is 264 Å². The zero-order valence-corrected chi connectivity index (χ0v) is 27.5. The van der Waals surface area contributed by atoms with Crippen LogP contribution in [0, 0.1) is 5.92 Å². The zero-order valence-electron chi connectivity index (χ0n) is 26.5. The molecule has 5 atom stereocenters. The number of rotatable bonds is 11. The van der Waals surface area contributed by atoms with E-state index in [9.17, 15) is 22.8 Å². The lowest BCUT2D eigenvalue weighted by atomic mass is 9.92. The van der Waals surface area contributed by atoms with Crippen molar-refractivity contribution >= 4 is 30.6 Å². The van der Waals surface area contributed by atoms with Crippen molar-refractivity contribution in [1.29, 1.82) is 0 Å². The predicted molar refractivity (Wildman–Crippen MR) is 168 cm³/mol. The van der Waals surface area contributed by atoms with Gasteiger partial charge >= 0.3 is 18.1 Å². The minimum atomic E-state index is -5.13. The summed E-state index contributed by atoms with van der Waals surface area (Å²) in [6, 6.07) is 26.7. The van der Waals surface area contributed by atoms with Gasteiger partial charge in [-0.1, -0.05) is 119 Å². The van der Waals surface area contributed by atoms with Crippen LogP contribution >= 0.6 is 0 Å². The number of carbonyl (C=O) groups is 2. The molecule has 6 nitrogen and oxygen atoms in total. The summed E-state index contributed by atoms with van der Waals surface area (Å²) < 4.78 is 66.6. The maximum atomic E-state index is 14.4. The number of methoxy groups -OCH3 is 1. The van der Waals surface area contributed by atoms with Crippen LogP contribution in [0.15, 0.2) is 91.0 Å². The van der Waals surface area contributed by atoms with Gasteiger partial charge in [0.2, 0.25) is 0 Å². The van der Waals surface area contributed by atoms with Crippen molar-refractivity contribution < 1.29 is 41.4 Å². The van der Waals surface area contributed by atoms with Crippen LogP contribution in [-0.2, 0) is 33.8 Å². The normalized spacial score (nSPS) is 20.2. The summed E-state index contributed by atoms with van der Waals surface area (Å²) in [6.45, 7) is 9.78. The zero-order chi connectivity index (χ0) is 33.0. The van der Waals surface area contributed by atoms with Crippen LogP contribution in [0.25, 0.3) is 0 Å². The summed E-state index contributed by atoms with van der Waals surface area (Å²) in [5, 5.41) is 1.80. The largest absolute Gasteiger partial charge is 0.459 e. The highest BCUT2D eigenvalue weighted by molar-refractivity contribution is 6.99. The topological polar surface area (TPSA) is 71.1 Å². The number of carbonyl (C=O) groups excluding carboxylic acids is 2. The number of hydrogen-bond acceptors (Lipinski definition) is 6. The molecule has 1 aliphatic heterocycles. The molecule has 0 saturated carbocycles. The molecule has 2 unspecified atom stereocenters. The van der Waals surface area contributed by atoms with Gasteiger partial charge in [-0.2, -0.15) is 13.2 Å². The predicted octanol–water partition coefficient (Wildman–Crippen LogP) is 6.31. The second kappa shape index (κ2) is 13.5. The molecule has 0 amide bonds. The molecule has 10 heteroatoms. The standard InChI is InChI=1S/C35H41F3O6Si/c1-7-29(44-45(33(3,4)5,26-19-13-9-14-20-26)27-21-15-10-16-22-27)30-23-28(31(39)43-30)24(2)42-32(40)34(41-6,35(36,37)38)25-17-11-8-12-18-25/h8-22,24,28-30H,7,23H2,1-6H3/t24?,28-,29?,30-,34+/m0/s1. The van der Waals surface area contributed by atoms with E-state index in [4.69, 9.17) is 18.6 Å². The third-order valence-corrected chi connectivity index (χ3v) is 13.7. The number of alkyl halides is 3. The molecule has 0 N–H and O–H groups in total. The lowest BCUT2D eigenvalue weighted by molar-refractivity contribution is -0.278. The smallest absolute Gasteiger partial charge is 0.432 e. The molecule has 3 aromatic carbocycles. The van der Waals surface area contributed by atoms with E-state index in [-0.39, 0.29) is 11.5 Å². The lowest BCUT2D eigenvalue weighted by Crippen LogP contribution is -2.68. The van der Waals surface area contributed by atoms with Gasteiger partial charge in [0.1, 0.15) is 12.2 Å². The molecule has 3 aromatic rings. The molecule has 0 radical (unpaired) electrons. The summed E-state index contributed by atoms with van der Waals surface area (Å²) in [5.41, 5.74) is -3.78. The first kappa shape index (κ1) is 34.4. The Morgan fingerprint density at radius 2 is 1.40 bits per heavy atom. The molecule has 1 saturated heterocycles. The molecule has 0 bridgehead atoms. The van der Waals surface area contributed by atoms with Crippen LogP contribution in [-0.4, -0.2) is 51.9 Å². The number of cyclic esters (lactones) is 1. The molecule has 45 heavy (non-hydrogen) atoms. The maximum absolute atomic E-state index is 14.4. The van der Waals surface area contributed by atoms with Crippen molar-refractivity contribution in [2.45, 2.75) is 82.6 Å². The van der Waals surface area contributed by atoms with E-state index in [2.05, 4.69) is 45.0 Å². The third-order valence-electron chi connectivity index (χ3n) is 8.65. The first-order valence-electron chi connectivity index (χ1n) is 15.1. The minimum Gasteiger partial charge on any atom is -0.459 e. The average Bonchev–Trinajstić information content (AvgIpc) is 3.40. The van der Waals surface area contributed by atoms with Crippen molar-refractivity contribution in [2.24, 2.45) is 5.92 Å². The van der Waals surface area contributed by atoms with Gasteiger partial charge < -0.3 is 18.6 Å². The Hall–Kier alpha value is -3.47. The van der Waals surface area contributed by atoms with Gasteiger partial charge in [0.05, 0.1) is 12.0 Å². The Balaban J connectivity index is 1.62. The first-order chi connectivity index (χ1) is 21.2. The SMILES string of the molecule is CCC(O[Si](c1ccccc1)(c1ccccc1)C(C)(C)C)[C@@H]1C[C@@H](C(C)OC(=O)[C@](OC)(c2ccccc2)C(F)(F)F)C(=O)O1. The number of benzene rings is 3. The highest BCUT2D eigenvalue weighted by atomic mass is 28.4. The van der Waals surface area contributed by atoms with Gasteiger partial charge in [0.15, 0.2) is 0 Å². The quantitative estimate of drug-likeness (QED) is 0.180. The van der Waals surface area contributed by atoms with E-state index in [1.54, 1.807) is 0 Å². The van der Waals surface area contributed by atoms with Crippen LogP contribution < -0.4 is 10.4 Å². The minimum absolute atomic E-state index is 0.112. The van der Waals surface area contributed by atoms with Crippen molar-refractivity contribution in [3.05, 3.63) is 96.6 Å². The number of esters is 2. The molecule has 1 heterocycles. The van der Waals surface area contributed by atoms with Crippen LogP contribution in [0.1, 0.15) is 53.0 Å². The first-order valence-corrected chi connectivity index (χ1v) is 17.0. The van der Waals surface area contributed by atoms with Crippen LogP contribution in [0.5, 0.6) is 0 Å². The maximum Gasteiger partial charge on any atom is 0.432 e. The Morgan fingerprint density at radius 1 is 0.911 bits per heavy atom. The van der Waals surface area contributed by atoms with Gasteiger partial charge in [-0.15, -0.1) is 0 Å². The van der Waals surface area contributed by atoms with Gasteiger partial charge in [0.25, 0.3) is 13.9 Å². The molecule has 0 spiro atoms. The molecule has 0 aromatic heterocycles. The summed E-state index contributed by atoms with van der Waals surface area (Å²) in [4.78, 5) is 26.5. The van der Waals surface area contributed by atoms with Gasteiger partial charge in [-0.25, -0.2) is 4.79 Å². The van der Waals surface area contributed by atoms with Gasteiger partial charge in [0, 0.05) is 19.1 Å². The van der Waals surface area contributed by atoms with E-state index in [0.717, 1.165) is 29.6 Å². The fourth-order valence-corrected chi connectivity index (χ4v) is 11.1. The number of hydrogen-bond donors (Lipinski definition) is 0. The highest BCUT2D eigenvalue weighted by Crippen LogP contribution is 2.44. The average molecular weight is 643 g/mol. The van der Waals surface area contributed by atoms with Crippen molar-refractivity contribution in [3.8, 4) is 0 Å². The van der Waals surface area contributed by atoms with E-state index in [0.29, 0.717) is 6.42 Å². The van der Waals surface area contributed by atoms with Crippen molar-refractivity contribution in [3.63, 3.8) is 0 Å². The molecular weight excluding hydrogens is 601 g/mol. The Bertz CT molecular complexity index is 1390. The van der Waals surface area contributed by atoms with Gasteiger partial charge in [-0.05, 0) is 28.8 Å². The fourth-order valence-electron chi connectivity index (χ4n) is 6.30. The molecule has 0 aliphatic carbocycles. The van der Waals surface area contributed by atoms with E-state index in [1.165, 1.54) is 25.1 Å². The van der Waals surface area contributed by atoms with Crippen molar-refractivity contribution in [1.82, 2.24) is 0 Å². The molecule has 242 valence electrons. The summed E-state index contributed by atoms with van der Waals surface area (Å²) in [7, 11) is -2.20. The van der Waals surface area contributed by atoms with E-state index in [1.807, 2.05) is 43.3 Å². The molecule has 1 fully saturated rings. The second-order valence-electron chi connectivity index (χ2n) is 12.4. The van der Waals surface area contributed by atoms with Crippen LogP contribution in [0.4, 0.5) is 13.2 Å². The van der Waals surface area contributed by atoms with Crippen LogP contribution in [0.3, 0.4) is 0 Å². The Morgan fingerprint density at radius 3 is 1.82 bits per heavy atom. The van der Waals surface area contributed by atoms with E-state index >= 15 is 0 Å². The molecule has 4 rings (SSSR count). The summed E-state index contributed by atoms with van der Waals surface area (Å²) in [6.07, 6.45) is -6.94. The number of halogens is 3. The second-order valence-corrected chi connectivity index (χ2v) is 16.7. The fraction of sp³-hybridized carbons (Fsp3) is 0.429. The molecule has 1 aliphatic rings. The monoisotopic (exact) mass is 642 g/mol. The van der Waals surface area contributed by atoms with Crippen LogP contribution in [0.2, 0.25) is 5.04 Å². The third kappa shape index (κ3) is 6.46. The summed E-state index contributed by atoms with van der Waals surface area (Å²) >= 11 is 0. The van der Waals surface area contributed by atoms with Gasteiger partial charge in [-0.3, -0.25) is 4.79 Å². The highest BCUT2D eigenvalue weighted by Gasteiger charge is 2.64.